The zero-order valence-electron chi connectivity index (χ0n) is 23.7. The van der Waals surface area contributed by atoms with Gasteiger partial charge in [-0.25, -0.2) is 0 Å². The van der Waals surface area contributed by atoms with E-state index in [2.05, 4.69) is 79.7 Å². The van der Waals surface area contributed by atoms with Crippen molar-refractivity contribution in [3.63, 3.8) is 0 Å². The molecule has 4 N–H and O–H groups in total. The molecule has 0 heterocycles. The first kappa shape index (κ1) is 39.8. The molecule has 0 radical (unpaired) electrons. The number of oxime groups is 2. The average Bonchev–Trinajstić information content (AvgIpc) is 2.94. The number of halogens is 2. The fourth-order valence-corrected chi connectivity index (χ4v) is 5.48. The van der Waals surface area contributed by atoms with Crippen molar-refractivity contribution in [2.75, 3.05) is 50.8 Å². The van der Waals surface area contributed by atoms with E-state index in [1.165, 1.54) is 0 Å². The topological polar surface area (TPSA) is 146 Å². The van der Waals surface area contributed by atoms with Crippen LogP contribution in [0.4, 0.5) is 0 Å². The number of nitrogens with zero attached hydrogens (tertiary/aromatic N) is 4. The van der Waals surface area contributed by atoms with Gasteiger partial charge in [-0.1, -0.05) is 94.1 Å². The molecule has 0 bridgehead atoms. The molecule has 0 spiro atoms. The molecule has 0 atom stereocenters. The Morgan fingerprint density at radius 1 is 0.683 bits per heavy atom. The van der Waals surface area contributed by atoms with Crippen molar-refractivity contribution in [3.8, 4) is 0 Å². The largest absolute Gasteiger partial charge is 0.410 e. The molecule has 2 aromatic carbocycles. The van der Waals surface area contributed by atoms with Crippen molar-refractivity contribution in [3.05, 3.63) is 68.6 Å². The SMILES string of the molecule is CCN(CC)CCS/C(=N/O)c1ccc(Br)cc1.CCN(CC)CCS/C(=N/O)c1ccc(Br)cc1.O=S(=O)(O)O. The van der Waals surface area contributed by atoms with E-state index in [0.29, 0.717) is 10.1 Å². The summed E-state index contributed by atoms with van der Waals surface area (Å²) in [6.45, 7) is 14.9. The van der Waals surface area contributed by atoms with Crippen LogP contribution in [0.15, 0.2) is 67.8 Å². The van der Waals surface area contributed by atoms with Crippen LogP contribution in [-0.2, 0) is 10.4 Å². The van der Waals surface area contributed by atoms with E-state index in [1.54, 1.807) is 23.5 Å². The summed E-state index contributed by atoms with van der Waals surface area (Å²) in [5.41, 5.74) is 1.90. The van der Waals surface area contributed by atoms with Crippen LogP contribution in [0.25, 0.3) is 0 Å². The van der Waals surface area contributed by atoms with Crippen LogP contribution in [-0.4, -0.2) is 98.6 Å². The second kappa shape index (κ2) is 23.3. The van der Waals surface area contributed by atoms with E-state index in [9.17, 15) is 0 Å². The van der Waals surface area contributed by atoms with Crippen LogP contribution in [0, 0.1) is 0 Å². The smallest absolute Gasteiger partial charge is 0.394 e. The van der Waals surface area contributed by atoms with Crippen LogP contribution in [0.2, 0.25) is 0 Å². The first-order valence-corrected chi connectivity index (χ1v) is 17.7. The lowest BCUT2D eigenvalue weighted by Gasteiger charge is -2.17. The van der Waals surface area contributed by atoms with Crippen molar-refractivity contribution in [1.29, 1.82) is 0 Å². The molecule has 2 aromatic rings. The minimum absolute atomic E-state index is 0.676. The highest BCUT2D eigenvalue weighted by atomic mass is 79.9. The summed E-state index contributed by atoms with van der Waals surface area (Å²) in [6.07, 6.45) is 0. The van der Waals surface area contributed by atoms with Gasteiger partial charge in [0, 0.05) is 44.7 Å². The van der Waals surface area contributed by atoms with Gasteiger partial charge >= 0.3 is 10.4 Å². The lowest BCUT2D eigenvalue weighted by Crippen LogP contribution is -2.25. The van der Waals surface area contributed by atoms with Gasteiger partial charge in [-0.05, 0) is 50.4 Å². The van der Waals surface area contributed by atoms with E-state index >= 15 is 0 Å². The molecular weight excluding hydrogens is 720 g/mol. The minimum Gasteiger partial charge on any atom is -0.410 e. The minimum atomic E-state index is -4.67. The third-order valence-corrected chi connectivity index (χ3v) is 8.46. The summed E-state index contributed by atoms with van der Waals surface area (Å²) in [5.74, 6) is 1.86. The fraction of sp³-hybridized carbons (Fsp3) is 0.462. The second-order valence-corrected chi connectivity index (χ2v) is 12.9. The van der Waals surface area contributed by atoms with Gasteiger partial charge in [0.05, 0.1) is 0 Å². The van der Waals surface area contributed by atoms with Crippen LogP contribution in [0.1, 0.15) is 38.8 Å². The molecule has 0 aliphatic carbocycles. The second-order valence-electron chi connectivity index (χ2n) is 8.02. The van der Waals surface area contributed by atoms with Crippen molar-refractivity contribution >= 4 is 75.9 Å². The molecule has 0 unspecified atom stereocenters. The molecule has 0 saturated heterocycles. The van der Waals surface area contributed by atoms with Crippen molar-refractivity contribution in [1.82, 2.24) is 9.80 Å². The number of benzene rings is 2. The van der Waals surface area contributed by atoms with Gasteiger partial charge < -0.3 is 20.2 Å². The Balaban J connectivity index is 0.000000671. The quantitative estimate of drug-likeness (QED) is 0.0609. The Kier molecular flexibility index (Phi) is 22.6. The zero-order chi connectivity index (χ0) is 31.3. The normalized spacial score (nSPS) is 12.0. The third-order valence-electron chi connectivity index (χ3n) is 5.45. The molecule has 0 aliphatic heterocycles. The van der Waals surface area contributed by atoms with E-state index in [-0.39, 0.29) is 0 Å². The van der Waals surface area contributed by atoms with Gasteiger partial charge in [-0.15, -0.1) is 23.5 Å². The monoisotopic (exact) mass is 758 g/mol. The van der Waals surface area contributed by atoms with Crippen LogP contribution in [0.5, 0.6) is 0 Å². The van der Waals surface area contributed by atoms with Gasteiger partial charge in [0.15, 0.2) is 0 Å². The molecule has 41 heavy (non-hydrogen) atoms. The maximum atomic E-state index is 9.07. The van der Waals surface area contributed by atoms with Crippen molar-refractivity contribution in [2.45, 2.75) is 27.7 Å². The molecule has 10 nitrogen and oxygen atoms in total. The highest BCUT2D eigenvalue weighted by Gasteiger charge is 2.08. The standard InChI is InChI=1S/2C13H19BrN2OS.H2O4S/c2*1-3-16(4-2)9-10-18-13(15-17)11-5-7-12(14)8-6-11;1-5(2,3)4/h2*5-8,17H,3-4,9-10H2,1-2H3;(H2,1,2,3,4)/b2*15-13+;. The van der Waals surface area contributed by atoms with Crippen molar-refractivity contribution < 1.29 is 27.9 Å². The van der Waals surface area contributed by atoms with Gasteiger partial charge in [0.2, 0.25) is 0 Å². The summed E-state index contributed by atoms with van der Waals surface area (Å²) >= 11 is 9.95. The number of thioether (sulfide) groups is 2. The van der Waals surface area contributed by atoms with Crippen LogP contribution in [0.3, 0.4) is 0 Å². The van der Waals surface area contributed by atoms with Gasteiger partial charge in [0.25, 0.3) is 0 Å². The Bertz CT molecular complexity index is 1050. The Morgan fingerprint density at radius 2 is 0.951 bits per heavy atom. The predicted octanol–water partition coefficient (Wildman–Crippen LogP) is 6.67. The molecular formula is C26H40Br2N4O6S3. The van der Waals surface area contributed by atoms with E-state index in [0.717, 1.165) is 70.8 Å². The Hall–Kier alpha value is -1.17. The molecule has 2 rings (SSSR count). The lowest BCUT2D eigenvalue weighted by atomic mass is 10.2. The molecule has 0 amide bonds. The van der Waals surface area contributed by atoms with E-state index in [4.69, 9.17) is 27.9 Å². The van der Waals surface area contributed by atoms with E-state index < -0.39 is 10.4 Å². The average molecular weight is 761 g/mol. The van der Waals surface area contributed by atoms with Crippen molar-refractivity contribution in [2.24, 2.45) is 10.3 Å². The maximum absolute atomic E-state index is 9.07. The predicted molar refractivity (Wildman–Crippen MR) is 180 cm³/mol. The zero-order valence-corrected chi connectivity index (χ0v) is 29.3. The summed E-state index contributed by atoms with van der Waals surface area (Å²) in [7, 11) is -4.67. The Labute approximate surface area is 269 Å². The summed E-state index contributed by atoms with van der Waals surface area (Å²) in [5, 5.41) is 26.3. The molecule has 0 aliphatic rings. The first-order chi connectivity index (χ1) is 19.4. The van der Waals surface area contributed by atoms with Gasteiger partial charge in [-0.3, -0.25) is 9.11 Å². The van der Waals surface area contributed by atoms with Gasteiger partial charge in [-0.2, -0.15) is 8.42 Å². The third kappa shape index (κ3) is 20.4. The summed E-state index contributed by atoms with van der Waals surface area (Å²) < 4.78 is 33.6. The lowest BCUT2D eigenvalue weighted by molar-refractivity contribution is 0.320. The molecule has 0 fully saturated rings. The molecule has 0 saturated carbocycles. The van der Waals surface area contributed by atoms with Crippen LogP contribution < -0.4 is 0 Å². The van der Waals surface area contributed by atoms with E-state index in [1.807, 2.05) is 48.5 Å². The number of hydrogen-bond acceptors (Lipinski definition) is 10. The summed E-state index contributed by atoms with van der Waals surface area (Å²) in [4.78, 5) is 4.70. The first-order valence-electron chi connectivity index (χ1n) is 12.8. The van der Waals surface area contributed by atoms with Gasteiger partial charge in [0.1, 0.15) is 10.1 Å². The van der Waals surface area contributed by atoms with Crippen LogP contribution >= 0.6 is 55.4 Å². The highest BCUT2D eigenvalue weighted by molar-refractivity contribution is 9.10. The molecule has 0 aromatic heterocycles. The summed E-state index contributed by atoms with van der Waals surface area (Å²) in [6, 6.07) is 15.6. The highest BCUT2D eigenvalue weighted by Crippen LogP contribution is 2.18. The number of hydrogen-bond donors (Lipinski definition) is 4. The number of rotatable bonds is 12. The fourth-order valence-electron chi connectivity index (χ4n) is 3.15. The molecule has 232 valence electrons. The Morgan fingerprint density at radius 3 is 1.17 bits per heavy atom. The molecule has 15 heteroatoms. The maximum Gasteiger partial charge on any atom is 0.394 e.